The van der Waals surface area contributed by atoms with E-state index in [2.05, 4.69) is 52.4 Å². The van der Waals surface area contributed by atoms with Crippen LogP contribution in [-0.2, 0) is 19.5 Å². The SMILES string of the molecule is C=C1C=CN=C(Nc2ccc3c(c2)CNCC3)/C1=N/C=C(\C)c1cnn(CC)c1. The van der Waals surface area contributed by atoms with Crippen molar-refractivity contribution in [3.8, 4) is 0 Å². The molecule has 0 amide bonds. The fourth-order valence-electron chi connectivity index (χ4n) is 3.40. The minimum Gasteiger partial charge on any atom is -0.338 e. The third kappa shape index (κ3) is 4.27. The van der Waals surface area contributed by atoms with Crippen LogP contribution in [0.25, 0.3) is 5.57 Å². The summed E-state index contributed by atoms with van der Waals surface area (Å²) < 4.78 is 1.90. The number of nitrogens with zero attached hydrogens (tertiary/aromatic N) is 4. The molecule has 2 aliphatic heterocycles. The van der Waals surface area contributed by atoms with Crippen LogP contribution in [0.3, 0.4) is 0 Å². The van der Waals surface area contributed by atoms with Crippen LogP contribution >= 0.6 is 0 Å². The number of aliphatic imine (C=N–C) groups is 2. The van der Waals surface area contributed by atoms with Crippen molar-refractivity contribution in [3.63, 3.8) is 0 Å². The number of anilines is 1. The second-order valence-electron chi connectivity index (χ2n) is 7.23. The normalized spacial score (nSPS) is 18.0. The quantitative estimate of drug-likeness (QED) is 0.836. The lowest BCUT2D eigenvalue weighted by molar-refractivity contribution is 0.644. The summed E-state index contributed by atoms with van der Waals surface area (Å²) in [5.74, 6) is 0.703. The average molecular weight is 387 g/mol. The summed E-state index contributed by atoms with van der Waals surface area (Å²) in [5, 5.41) is 11.2. The summed E-state index contributed by atoms with van der Waals surface area (Å²) >= 11 is 0. The Labute approximate surface area is 171 Å². The fraction of sp³-hybridized carbons (Fsp3) is 0.261. The van der Waals surface area contributed by atoms with Crippen LogP contribution in [0.5, 0.6) is 0 Å². The maximum atomic E-state index is 4.70. The first-order valence-electron chi connectivity index (χ1n) is 9.95. The number of hydrogen-bond acceptors (Lipinski definition) is 5. The monoisotopic (exact) mass is 386 g/mol. The van der Waals surface area contributed by atoms with Crippen molar-refractivity contribution < 1.29 is 0 Å². The van der Waals surface area contributed by atoms with Crippen molar-refractivity contribution in [2.75, 3.05) is 11.9 Å². The van der Waals surface area contributed by atoms with Gasteiger partial charge in [0.15, 0.2) is 5.84 Å². The summed E-state index contributed by atoms with van der Waals surface area (Å²) in [6.45, 7) is 11.0. The molecule has 3 heterocycles. The number of benzene rings is 1. The van der Waals surface area contributed by atoms with Gasteiger partial charge in [0.2, 0.25) is 0 Å². The van der Waals surface area contributed by atoms with E-state index < -0.39 is 0 Å². The van der Waals surface area contributed by atoms with Gasteiger partial charge in [-0.05, 0) is 67.3 Å². The van der Waals surface area contributed by atoms with Gasteiger partial charge in [-0.15, -0.1) is 0 Å². The van der Waals surface area contributed by atoms with Crippen molar-refractivity contribution >= 4 is 22.8 Å². The summed E-state index contributed by atoms with van der Waals surface area (Å²) in [5.41, 5.74) is 7.41. The Morgan fingerprint density at radius 1 is 1.38 bits per heavy atom. The van der Waals surface area contributed by atoms with Gasteiger partial charge in [0, 0.05) is 42.9 Å². The predicted octanol–water partition coefficient (Wildman–Crippen LogP) is 3.94. The molecule has 148 valence electrons. The van der Waals surface area contributed by atoms with Crippen LogP contribution in [0.2, 0.25) is 0 Å². The van der Waals surface area contributed by atoms with Crippen molar-refractivity contribution in [1.29, 1.82) is 0 Å². The Kier molecular flexibility index (Phi) is 5.53. The number of fused-ring (bicyclic) bond motifs is 1. The van der Waals surface area contributed by atoms with Crippen molar-refractivity contribution in [1.82, 2.24) is 15.1 Å². The number of aromatic nitrogens is 2. The molecule has 6 nitrogen and oxygen atoms in total. The van der Waals surface area contributed by atoms with E-state index in [9.17, 15) is 0 Å². The molecule has 0 fully saturated rings. The van der Waals surface area contributed by atoms with Crippen molar-refractivity contribution in [3.05, 3.63) is 77.9 Å². The number of aryl methyl sites for hydroxylation is 1. The lowest BCUT2D eigenvalue weighted by Gasteiger charge is -2.19. The zero-order valence-corrected chi connectivity index (χ0v) is 16.9. The van der Waals surface area contributed by atoms with Crippen LogP contribution in [-0.4, -0.2) is 27.9 Å². The fourth-order valence-corrected chi connectivity index (χ4v) is 3.40. The van der Waals surface area contributed by atoms with Gasteiger partial charge in [-0.1, -0.05) is 12.6 Å². The summed E-state index contributed by atoms with van der Waals surface area (Å²) in [6, 6.07) is 6.48. The lowest BCUT2D eigenvalue weighted by Crippen LogP contribution is -2.27. The Hall–Kier alpha value is -3.25. The van der Waals surface area contributed by atoms with E-state index in [0.29, 0.717) is 5.84 Å². The third-order valence-electron chi connectivity index (χ3n) is 5.16. The minimum absolute atomic E-state index is 0.703. The second kappa shape index (κ2) is 8.41. The van der Waals surface area contributed by atoms with E-state index in [0.717, 1.165) is 54.2 Å². The molecule has 2 N–H and O–H groups in total. The molecule has 0 saturated carbocycles. The van der Waals surface area contributed by atoms with Gasteiger partial charge in [0.1, 0.15) is 5.71 Å². The first-order valence-corrected chi connectivity index (χ1v) is 9.95. The van der Waals surface area contributed by atoms with Gasteiger partial charge in [-0.25, -0.2) is 4.99 Å². The van der Waals surface area contributed by atoms with Crippen LogP contribution in [0.1, 0.15) is 30.5 Å². The average Bonchev–Trinajstić information content (AvgIpc) is 3.22. The maximum Gasteiger partial charge on any atom is 0.156 e. The van der Waals surface area contributed by atoms with Crippen molar-refractivity contribution in [2.24, 2.45) is 9.98 Å². The van der Waals surface area contributed by atoms with Gasteiger partial charge in [0.05, 0.1) is 6.20 Å². The minimum atomic E-state index is 0.703. The molecule has 0 aliphatic carbocycles. The largest absolute Gasteiger partial charge is 0.338 e. The van der Waals surface area contributed by atoms with E-state index in [4.69, 9.17) is 4.99 Å². The van der Waals surface area contributed by atoms with Gasteiger partial charge in [-0.3, -0.25) is 9.67 Å². The van der Waals surface area contributed by atoms with E-state index in [-0.39, 0.29) is 0 Å². The lowest BCUT2D eigenvalue weighted by atomic mass is 10.0. The van der Waals surface area contributed by atoms with Gasteiger partial charge < -0.3 is 10.6 Å². The zero-order chi connectivity index (χ0) is 20.2. The first kappa shape index (κ1) is 19.1. The zero-order valence-electron chi connectivity index (χ0n) is 16.9. The van der Waals surface area contributed by atoms with E-state index >= 15 is 0 Å². The molecule has 0 atom stereocenters. The van der Waals surface area contributed by atoms with Crippen LogP contribution in [0.15, 0.2) is 71.2 Å². The number of hydrogen-bond donors (Lipinski definition) is 2. The number of nitrogens with one attached hydrogen (secondary N) is 2. The molecule has 1 aromatic carbocycles. The highest BCUT2D eigenvalue weighted by Gasteiger charge is 2.16. The Balaban J connectivity index is 1.57. The summed E-state index contributed by atoms with van der Waals surface area (Å²) in [4.78, 5) is 9.21. The van der Waals surface area contributed by atoms with E-state index in [1.165, 1.54) is 11.1 Å². The molecule has 6 heteroatoms. The standard InChI is InChI=1S/C23H26N6/c1-4-29-15-20(14-27-29)17(3)12-26-22-16(2)7-10-25-23(22)28-21-6-5-18-8-9-24-13-19(18)11-21/h5-7,10-12,14-15,24H,2,4,8-9,13H2,1,3H3,(H,25,28)/b17-12+,26-22+. The maximum absolute atomic E-state index is 4.70. The molecule has 1 aromatic heterocycles. The van der Waals surface area contributed by atoms with Gasteiger partial charge in [0.25, 0.3) is 0 Å². The Bertz CT molecular complexity index is 1050. The molecule has 0 saturated heterocycles. The molecule has 0 radical (unpaired) electrons. The molecule has 2 aliphatic rings. The van der Waals surface area contributed by atoms with Crippen LogP contribution in [0, 0.1) is 0 Å². The molecule has 4 rings (SSSR count). The molecule has 0 unspecified atom stereocenters. The Morgan fingerprint density at radius 3 is 3.10 bits per heavy atom. The highest BCUT2D eigenvalue weighted by molar-refractivity contribution is 6.52. The summed E-state index contributed by atoms with van der Waals surface area (Å²) in [7, 11) is 0. The molecule has 29 heavy (non-hydrogen) atoms. The molecule has 2 aromatic rings. The van der Waals surface area contributed by atoms with Gasteiger partial charge in [-0.2, -0.15) is 5.10 Å². The second-order valence-corrected chi connectivity index (χ2v) is 7.23. The molecular formula is C23H26N6. The molecule has 0 spiro atoms. The van der Waals surface area contributed by atoms with Crippen LogP contribution in [0.4, 0.5) is 5.69 Å². The molecular weight excluding hydrogens is 360 g/mol. The first-order chi connectivity index (χ1) is 14.1. The van der Waals surface area contributed by atoms with Gasteiger partial charge >= 0.3 is 0 Å². The predicted molar refractivity (Wildman–Crippen MR) is 120 cm³/mol. The summed E-state index contributed by atoms with van der Waals surface area (Å²) in [6.07, 6.45) is 10.4. The number of rotatable bonds is 4. The highest BCUT2D eigenvalue weighted by atomic mass is 15.3. The molecule has 0 bridgehead atoms. The van der Waals surface area contributed by atoms with Crippen molar-refractivity contribution in [2.45, 2.75) is 33.4 Å². The van der Waals surface area contributed by atoms with E-state index in [1.807, 2.05) is 36.3 Å². The number of amidine groups is 1. The van der Waals surface area contributed by atoms with E-state index in [1.54, 1.807) is 6.20 Å². The smallest absolute Gasteiger partial charge is 0.156 e. The number of allylic oxidation sites excluding steroid dienone is 2. The third-order valence-corrected chi connectivity index (χ3v) is 5.16. The Morgan fingerprint density at radius 2 is 2.28 bits per heavy atom. The highest BCUT2D eigenvalue weighted by Crippen LogP contribution is 2.20. The van der Waals surface area contributed by atoms with Crippen LogP contribution < -0.4 is 10.6 Å². The topological polar surface area (TPSA) is 66.6 Å².